The molecule has 0 fully saturated rings. The molecule has 7 nitrogen and oxygen atoms in total. The summed E-state index contributed by atoms with van der Waals surface area (Å²) in [6, 6.07) is 2.90. The molecular weight excluding hydrogens is 216 g/mol. The summed E-state index contributed by atoms with van der Waals surface area (Å²) >= 11 is 0. The van der Waals surface area contributed by atoms with Gasteiger partial charge in [-0.15, -0.1) is 0 Å². The van der Waals surface area contributed by atoms with E-state index < -0.39 is 17.6 Å². The lowest BCUT2D eigenvalue weighted by atomic mass is 10.3. The number of nitrogens with one attached hydrogen (secondary N) is 1. The second kappa shape index (κ2) is 5.44. The monoisotopic (exact) mass is 224 g/mol. The second-order valence-electron chi connectivity index (χ2n) is 2.65. The van der Waals surface area contributed by atoms with E-state index in [4.69, 9.17) is 9.52 Å². The van der Waals surface area contributed by atoms with Crippen LogP contribution in [0.3, 0.4) is 0 Å². The van der Waals surface area contributed by atoms with Crippen molar-refractivity contribution in [2.24, 2.45) is 5.10 Å². The Bertz CT molecular complexity index is 421. The lowest BCUT2D eigenvalue weighted by molar-refractivity contribution is -0.129. The van der Waals surface area contributed by atoms with Crippen LogP contribution in [0.4, 0.5) is 0 Å². The predicted octanol–water partition coefficient (Wildman–Crippen LogP) is 0.0390. The maximum atomic E-state index is 11.2. The van der Waals surface area contributed by atoms with Crippen LogP contribution < -0.4 is 5.43 Å². The molecule has 1 heterocycles. The Morgan fingerprint density at radius 3 is 2.81 bits per heavy atom. The predicted molar refractivity (Wildman–Crippen MR) is 51.9 cm³/mol. The fraction of sp³-hybridized carbons (Fsp3) is 0.111. The third-order valence-corrected chi connectivity index (χ3v) is 1.56. The number of carbonyl (C=O) groups excluding carboxylic acids is 2. The molecule has 0 unspecified atom stereocenters. The van der Waals surface area contributed by atoms with Crippen LogP contribution in [0.1, 0.15) is 17.0 Å². The van der Waals surface area contributed by atoms with E-state index in [1.807, 2.05) is 5.43 Å². The summed E-state index contributed by atoms with van der Waals surface area (Å²) in [5.74, 6) is -2.05. The van der Waals surface area contributed by atoms with Gasteiger partial charge in [0.05, 0.1) is 12.7 Å². The highest BCUT2D eigenvalue weighted by Crippen LogP contribution is 1.98. The first kappa shape index (κ1) is 11.6. The average molecular weight is 224 g/mol. The molecule has 0 aliphatic heterocycles. The quantitative estimate of drug-likeness (QED) is 0.417. The highest BCUT2D eigenvalue weighted by Gasteiger charge is 2.11. The summed E-state index contributed by atoms with van der Waals surface area (Å²) in [6.07, 6.45) is 1.29. The number of furan rings is 1. The number of carboxylic acids is 1. The molecule has 7 heteroatoms. The Morgan fingerprint density at radius 2 is 2.31 bits per heavy atom. The van der Waals surface area contributed by atoms with E-state index in [1.165, 1.54) is 18.4 Å². The van der Waals surface area contributed by atoms with Crippen LogP contribution in [0.2, 0.25) is 0 Å². The first-order chi connectivity index (χ1) is 7.65. The van der Waals surface area contributed by atoms with Gasteiger partial charge >= 0.3 is 11.9 Å². The molecule has 0 aliphatic carbocycles. The van der Waals surface area contributed by atoms with Gasteiger partial charge in [-0.1, -0.05) is 0 Å². The van der Waals surface area contributed by atoms with E-state index in [-0.39, 0.29) is 12.2 Å². The number of nitrogens with zero attached hydrogens (tertiary/aromatic N) is 1. The smallest absolute Gasteiger partial charge is 0.352 e. The Balaban J connectivity index is 2.66. The van der Waals surface area contributed by atoms with E-state index in [9.17, 15) is 14.4 Å². The molecular formula is C9H8N2O5. The summed E-state index contributed by atoms with van der Waals surface area (Å²) in [4.78, 5) is 31.9. The van der Waals surface area contributed by atoms with Crippen LogP contribution in [0.5, 0.6) is 0 Å². The molecule has 16 heavy (non-hydrogen) atoms. The minimum atomic E-state index is -1.37. The van der Waals surface area contributed by atoms with Gasteiger partial charge in [-0.25, -0.2) is 10.2 Å². The second-order valence-corrected chi connectivity index (χ2v) is 2.65. The fourth-order valence-electron chi connectivity index (χ4n) is 0.841. The first-order valence-corrected chi connectivity index (χ1v) is 4.22. The Labute approximate surface area is 89.7 Å². The van der Waals surface area contributed by atoms with E-state index in [0.717, 1.165) is 0 Å². The van der Waals surface area contributed by atoms with Crippen LogP contribution >= 0.6 is 0 Å². The molecule has 84 valence electrons. The topological polar surface area (TPSA) is 109 Å². The van der Waals surface area contributed by atoms with Gasteiger partial charge in [0.15, 0.2) is 11.5 Å². The zero-order valence-electron chi connectivity index (χ0n) is 8.04. The van der Waals surface area contributed by atoms with E-state index >= 15 is 0 Å². The normalized spacial score (nSPS) is 10.9. The van der Waals surface area contributed by atoms with Crippen LogP contribution in [0.25, 0.3) is 0 Å². The maximum Gasteiger partial charge on any atom is 0.352 e. The Hall–Kier alpha value is -2.44. The number of hydrogen-bond acceptors (Lipinski definition) is 5. The molecule has 0 radical (unpaired) electrons. The number of carboxylic acid groups (broad SMARTS) is 1. The lowest BCUT2D eigenvalue weighted by Crippen LogP contribution is -2.23. The van der Waals surface area contributed by atoms with Gasteiger partial charge in [-0.05, 0) is 12.1 Å². The highest BCUT2D eigenvalue weighted by atomic mass is 16.4. The average Bonchev–Trinajstić information content (AvgIpc) is 2.76. The Kier molecular flexibility index (Phi) is 3.96. The molecule has 0 aromatic carbocycles. The summed E-state index contributed by atoms with van der Waals surface area (Å²) in [5, 5.41) is 11.9. The van der Waals surface area contributed by atoms with Crippen molar-refractivity contribution >= 4 is 23.9 Å². The molecule has 0 bridgehead atoms. The molecule has 1 amide bonds. The number of aliphatic carboxylic acids is 1. The van der Waals surface area contributed by atoms with Crippen LogP contribution in [-0.4, -0.2) is 29.0 Å². The molecule has 2 N–H and O–H groups in total. The molecule has 1 aromatic heterocycles. The third kappa shape index (κ3) is 3.05. The van der Waals surface area contributed by atoms with Gasteiger partial charge in [0, 0.05) is 0 Å². The summed E-state index contributed by atoms with van der Waals surface area (Å²) < 4.78 is 4.75. The number of hydrogen-bond donors (Lipinski definition) is 2. The molecule has 0 saturated carbocycles. The van der Waals surface area contributed by atoms with Crippen molar-refractivity contribution in [1.82, 2.24) is 5.43 Å². The van der Waals surface area contributed by atoms with Gasteiger partial charge in [0.1, 0.15) is 6.29 Å². The van der Waals surface area contributed by atoms with Crippen LogP contribution in [0, 0.1) is 0 Å². The minimum Gasteiger partial charge on any atom is -0.477 e. The number of carbonyl (C=O) groups is 3. The molecule has 1 rings (SSSR count). The van der Waals surface area contributed by atoms with Crippen molar-refractivity contribution in [3.8, 4) is 0 Å². The first-order valence-electron chi connectivity index (χ1n) is 4.22. The zero-order valence-corrected chi connectivity index (χ0v) is 8.04. The summed E-state index contributed by atoms with van der Waals surface area (Å²) in [5.41, 5.74) is 1.52. The Morgan fingerprint density at radius 1 is 1.56 bits per heavy atom. The van der Waals surface area contributed by atoms with Gasteiger partial charge in [0.2, 0.25) is 0 Å². The van der Waals surface area contributed by atoms with Gasteiger partial charge in [-0.3, -0.25) is 4.79 Å². The van der Waals surface area contributed by atoms with Gasteiger partial charge in [0.25, 0.3) is 0 Å². The van der Waals surface area contributed by atoms with Crippen molar-refractivity contribution < 1.29 is 23.9 Å². The van der Waals surface area contributed by atoms with Gasteiger partial charge < -0.3 is 14.3 Å². The summed E-state index contributed by atoms with van der Waals surface area (Å²) in [6.45, 7) is 0. The van der Waals surface area contributed by atoms with Crippen molar-refractivity contribution in [1.29, 1.82) is 0 Å². The minimum absolute atomic E-state index is 0.000378. The zero-order chi connectivity index (χ0) is 12.0. The number of aldehydes is 1. The van der Waals surface area contributed by atoms with Crippen molar-refractivity contribution in [3.05, 3.63) is 24.2 Å². The third-order valence-electron chi connectivity index (χ3n) is 1.56. The molecule has 0 aliphatic rings. The molecule has 1 aromatic rings. The number of amides is 1. The van der Waals surface area contributed by atoms with Crippen molar-refractivity contribution in [2.75, 3.05) is 0 Å². The van der Waals surface area contributed by atoms with Crippen molar-refractivity contribution in [3.63, 3.8) is 0 Å². The van der Waals surface area contributed by atoms with E-state index in [0.29, 0.717) is 6.29 Å². The molecule has 0 spiro atoms. The maximum absolute atomic E-state index is 11.2. The molecule has 0 saturated heterocycles. The van der Waals surface area contributed by atoms with Gasteiger partial charge in [-0.2, -0.15) is 5.10 Å². The van der Waals surface area contributed by atoms with Crippen LogP contribution in [-0.2, 0) is 9.59 Å². The molecule has 0 atom stereocenters. The van der Waals surface area contributed by atoms with Crippen molar-refractivity contribution in [2.45, 2.75) is 6.42 Å². The SMILES string of the molecule is O=CCC(=NNC(=O)c1ccco1)C(=O)O. The lowest BCUT2D eigenvalue weighted by Gasteiger charge is -1.97. The van der Waals surface area contributed by atoms with E-state index in [1.54, 1.807) is 0 Å². The van der Waals surface area contributed by atoms with E-state index in [2.05, 4.69) is 5.10 Å². The van der Waals surface area contributed by atoms with Crippen LogP contribution in [0.15, 0.2) is 27.9 Å². The number of rotatable bonds is 5. The summed E-state index contributed by atoms with van der Waals surface area (Å²) in [7, 11) is 0. The number of hydrazone groups is 1. The highest BCUT2D eigenvalue weighted by molar-refractivity contribution is 6.37. The standard InChI is InChI=1S/C9H8N2O5/c12-4-3-6(9(14)15)10-11-8(13)7-2-1-5-16-7/h1-2,4-5H,3H2,(H,11,13)(H,14,15). The largest absolute Gasteiger partial charge is 0.477 e. The fourth-order valence-corrected chi connectivity index (χ4v) is 0.841.